The molecular weight excluding hydrogens is 315 g/mol. The van der Waals surface area contributed by atoms with Crippen LogP contribution in [-0.2, 0) is 16.0 Å². The van der Waals surface area contributed by atoms with E-state index in [1.54, 1.807) is 28.4 Å². The Bertz CT molecular complexity index is 685. The van der Waals surface area contributed by atoms with Crippen molar-refractivity contribution in [3.63, 3.8) is 0 Å². The zero-order valence-corrected chi connectivity index (χ0v) is 13.3. The Morgan fingerprint density at radius 2 is 2.09 bits per heavy atom. The van der Waals surface area contributed by atoms with E-state index in [4.69, 9.17) is 0 Å². The highest BCUT2D eigenvalue weighted by Gasteiger charge is 2.34. The molecule has 1 N–H and O–H groups in total. The van der Waals surface area contributed by atoms with Gasteiger partial charge in [0.2, 0.25) is 11.8 Å². The minimum atomic E-state index is -0.352. The number of hydrogen-bond donors (Lipinski definition) is 1. The molecule has 120 valence electrons. The number of carbonyl (C=O) groups excluding carboxylic acids is 2. The van der Waals surface area contributed by atoms with Crippen molar-refractivity contribution in [2.75, 3.05) is 18.0 Å². The maximum Gasteiger partial charge on any atom is 0.227 e. The molecule has 2 amide bonds. The number of nitrogens with one attached hydrogen (secondary N) is 1. The van der Waals surface area contributed by atoms with Gasteiger partial charge >= 0.3 is 0 Å². The van der Waals surface area contributed by atoms with Gasteiger partial charge in [-0.3, -0.25) is 9.59 Å². The van der Waals surface area contributed by atoms with Crippen LogP contribution in [-0.4, -0.2) is 24.9 Å². The number of benzene rings is 1. The zero-order chi connectivity index (χ0) is 16.2. The lowest BCUT2D eigenvalue weighted by Gasteiger charge is -2.16. The summed E-state index contributed by atoms with van der Waals surface area (Å²) in [6, 6.07) is 7.79. The van der Waals surface area contributed by atoms with Crippen molar-refractivity contribution < 1.29 is 14.0 Å². The van der Waals surface area contributed by atoms with Crippen molar-refractivity contribution >= 4 is 28.8 Å². The fourth-order valence-corrected chi connectivity index (χ4v) is 3.37. The third-order valence-electron chi connectivity index (χ3n) is 3.93. The van der Waals surface area contributed by atoms with Gasteiger partial charge in [-0.05, 0) is 53.1 Å². The second-order valence-corrected chi connectivity index (χ2v) is 6.33. The Hall–Kier alpha value is -2.21. The van der Waals surface area contributed by atoms with Crippen molar-refractivity contribution in [1.29, 1.82) is 0 Å². The molecule has 0 bridgehead atoms. The molecule has 1 aromatic heterocycles. The van der Waals surface area contributed by atoms with Gasteiger partial charge in [-0.25, -0.2) is 4.39 Å². The van der Waals surface area contributed by atoms with Crippen LogP contribution < -0.4 is 10.2 Å². The SMILES string of the molecule is O=C(NCCc1ccsc1)C1CC(=O)N(c2ccc(F)cc2)C1. The topological polar surface area (TPSA) is 49.4 Å². The molecule has 1 saturated heterocycles. The number of thiophene rings is 1. The average molecular weight is 332 g/mol. The van der Waals surface area contributed by atoms with Crippen LogP contribution in [0.3, 0.4) is 0 Å². The van der Waals surface area contributed by atoms with Crippen LogP contribution in [0.5, 0.6) is 0 Å². The number of carbonyl (C=O) groups is 2. The summed E-state index contributed by atoms with van der Waals surface area (Å²) in [7, 11) is 0. The molecule has 6 heteroatoms. The fourth-order valence-electron chi connectivity index (χ4n) is 2.66. The van der Waals surface area contributed by atoms with Crippen LogP contribution in [0.25, 0.3) is 0 Å². The summed E-state index contributed by atoms with van der Waals surface area (Å²) in [6.45, 7) is 0.908. The maximum absolute atomic E-state index is 13.0. The molecular formula is C17H17FN2O2S. The summed E-state index contributed by atoms with van der Waals surface area (Å²) in [5.41, 5.74) is 1.83. The molecule has 0 aliphatic carbocycles. The first-order valence-corrected chi connectivity index (χ1v) is 8.42. The number of rotatable bonds is 5. The van der Waals surface area contributed by atoms with E-state index in [-0.39, 0.29) is 30.0 Å². The van der Waals surface area contributed by atoms with Crippen molar-refractivity contribution in [1.82, 2.24) is 5.32 Å². The van der Waals surface area contributed by atoms with Crippen LogP contribution in [0.4, 0.5) is 10.1 Å². The lowest BCUT2D eigenvalue weighted by atomic mass is 10.1. The predicted molar refractivity (Wildman–Crippen MR) is 87.9 cm³/mol. The highest BCUT2D eigenvalue weighted by atomic mass is 32.1. The number of anilines is 1. The molecule has 0 saturated carbocycles. The van der Waals surface area contributed by atoms with Gasteiger partial charge in [0.05, 0.1) is 5.92 Å². The van der Waals surface area contributed by atoms with E-state index in [1.807, 2.05) is 11.4 Å². The van der Waals surface area contributed by atoms with E-state index in [9.17, 15) is 14.0 Å². The molecule has 1 aromatic carbocycles. The van der Waals surface area contributed by atoms with E-state index >= 15 is 0 Å². The van der Waals surface area contributed by atoms with Crippen molar-refractivity contribution in [2.45, 2.75) is 12.8 Å². The molecule has 0 radical (unpaired) electrons. The van der Waals surface area contributed by atoms with Crippen molar-refractivity contribution in [3.8, 4) is 0 Å². The number of nitrogens with zero attached hydrogens (tertiary/aromatic N) is 1. The van der Waals surface area contributed by atoms with Gasteiger partial charge in [0.25, 0.3) is 0 Å². The van der Waals surface area contributed by atoms with Gasteiger partial charge in [0.15, 0.2) is 0 Å². The molecule has 2 heterocycles. The maximum atomic E-state index is 13.0. The monoisotopic (exact) mass is 332 g/mol. The Morgan fingerprint density at radius 3 is 2.78 bits per heavy atom. The smallest absolute Gasteiger partial charge is 0.227 e. The van der Waals surface area contributed by atoms with Crippen LogP contribution >= 0.6 is 11.3 Å². The Kier molecular flexibility index (Phi) is 4.71. The van der Waals surface area contributed by atoms with Crippen LogP contribution in [0.1, 0.15) is 12.0 Å². The van der Waals surface area contributed by atoms with Crippen LogP contribution in [0.15, 0.2) is 41.1 Å². The largest absolute Gasteiger partial charge is 0.355 e. The molecule has 4 nitrogen and oxygen atoms in total. The summed E-state index contributed by atoms with van der Waals surface area (Å²) in [5, 5.41) is 6.96. The number of halogens is 1. The van der Waals surface area contributed by atoms with Gasteiger partial charge in [-0.15, -0.1) is 0 Å². The summed E-state index contributed by atoms with van der Waals surface area (Å²) >= 11 is 1.63. The standard InChI is InChI=1S/C17H17FN2O2S/c18-14-1-3-15(4-2-14)20-10-13(9-16(20)21)17(22)19-7-5-12-6-8-23-11-12/h1-4,6,8,11,13H,5,7,9-10H2,(H,19,22). The molecule has 1 aliphatic rings. The molecule has 1 fully saturated rings. The predicted octanol–water partition coefficient (Wildman–Crippen LogP) is 2.60. The van der Waals surface area contributed by atoms with Gasteiger partial charge < -0.3 is 10.2 Å². The third kappa shape index (κ3) is 3.76. The van der Waals surface area contributed by atoms with Crippen molar-refractivity contribution in [2.24, 2.45) is 5.92 Å². The molecule has 2 aromatic rings. The summed E-state index contributed by atoms with van der Waals surface area (Å²) < 4.78 is 13.0. The zero-order valence-electron chi connectivity index (χ0n) is 12.5. The number of hydrogen-bond acceptors (Lipinski definition) is 3. The first-order valence-electron chi connectivity index (χ1n) is 7.48. The Balaban J connectivity index is 1.54. The lowest BCUT2D eigenvalue weighted by molar-refractivity contribution is -0.126. The van der Waals surface area contributed by atoms with Gasteiger partial charge in [0, 0.05) is 25.2 Å². The first kappa shape index (κ1) is 15.7. The van der Waals surface area contributed by atoms with E-state index in [0.717, 1.165) is 6.42 Å². The quantitative estimate of drug-likeness (QED) is 0.915. The lowest BCUT2D eigenvalue weighted by Crippen LogP contribution is -2.34. The summed E-state index contributed by atoms with van der Waals surface area (Å²) in [4.78, 5) is 25.8. The highest BCUT2D eigenvalue weighted by Crippen LogP contribution is 2.25. The van der Waals surface area contributed by atoms with Gasteiger partial charge in [-0.2, -0.15) is 11.3 Å². The Morgan fingerprint density at radius 1 is 1.30 bits per heavy atom. The third-order valence-corrected chi connectivity index (χ3v) is 4.66. The normalized spacial score (nSPS) is 17.5. The second-order valence-electron chi connectivity index (χ2n) is 5.55. The van der Waals surface area contributed by atoms with E-state index < -0.39 is 0 Å². The first-order chi connectivity index (χ1) is 11.1. The highest BCUT2D eigenvalue weighted by molar-refractivity contribution is 7.07. The molecule has 3 rings (SSSR count). The van der Waals surface area contributed by atoms with Gasteiger partial charge in [0.1, 0.15) is 5.82 Å². The molecule has 1 unspecified atom stereocenters. The minimum absolute atomic E-state index is 0.0989. The van der Waals surface area contributed by atoms with Crippen LogP contribution in [0.2, 0.25) is 0 Å². The van der Waals surface area contributed by atoms with E-state index in [1.165, 1.54) is 17.7 Å². The summed E-state index contributed by atoms with van der Waals surface area (Å²) in [5.74, 6) is -0.897. The van der Waals surface area contributed by atoms with E-state index in [2.05, 4.69) is 10.7 Å². The van der Waals surface area contributed by atoms with E-state index in [0.29, 0.717) is 18.8 Å². The summed E-state index contributed by atoms with van der Waals surface area (Å²) in [6.07, 6.45) is 0.985. The second kappa shape index (κ2) is 6.91. The molecule has 1 aliphatic heterocycles. The number of amides is 2. The minimum Gasteiger partial charge on any atom is -0.355 e. The average Bonchev–Trinajstić information content (AvgIpc) is 3.18. The van der Waals surface area contributed by atoms with Crippen molar-refractivity contribution in [3.05, 3.63) is 52.5 Å². The molecule has 1 atom stereocenters. The molecule has 23 heavy (non-hydrogen) atoms. The van der Waals surface area contributed by atoms with Crippen LogP contribution in [0, 0.1) is 11.7 Å². The molecule has 0 spiro atoms. The Labute approximate surface area is 137 Å². The fraction of sp³-hybridized carbons (Fsp3) is 0.294. The van der Waals surface area contributed by atoms with Gasteiger partial charge in [-0.1, -0.05) is 0 Å².